The molecule has 0 saturated heterocycles. The zero-order chi connectivity index (χ0) is 15.4. The molecule has 3 rings (SSSR count). The minimum atomic E-state index is -0.248. The topological polar surface area (TPSA) is 48.2 Å². The molecule has 0 saturated carbocycles. The third-order valence-corrected chi connectivity index (χ3v) is 3.88. The van der Waals surface area contributed by atoms with Gasteiger partial charge >= 0.3 is 0 Å². The minimum absolute atomic E-state index is 0.248. The van der Waals surface area contributed by atoms with Gasteiger partial charge in [0.25, 0.3) is 5.22 Å². The molecule has 1 heterocycles. The molecule has 2 aromatic carbocycles. The Morgan fingerprint density at radius 1 is 1.14 bits per heavy atom. The monoisotopic (exact) mass is 316 g/mol. The number of ether oxygens (including phenoxy) is 1. The average molecular weight is 316 g/mol. The number of thioether (sulfide) groups is 1. The maximum absolute atomic E-state index is 13.1. The molecule has 1 aromatic heterocycles. The SMILES string of the molecule is COc1ccc(-c2nnc(SCc3cccc(F)c3)o2)cc1. The van der Waals surface area contributed by atoms with Gasteiger partial charge in [-0.25, -0.2) is 4.39 Å². The molecular weight excluding hydrogens is 303 g/mol. The number of hydrogen-bond donors (Lipinski definition) is 0. The Bertz CT molecular complexity index is 759. The third kappa shape index (κ3) is 3.46. The second-order valence-electron chi connectivity index (χ2n) is 4.52. The lowest BCUT2D eigenvalue weighted by molar-refractivity contribution is 0.414. The maximum Gasteiger partial charge on any atom is 0.277 e. The fraction of sp³-hybridized carbons (Fsp3) is 0.125. The summed E-state index contributed by atoms with van der Waals surface area (Å²) < 4.78 is 23.8. The number of rotatable bonds is 5. The lowest BCUT2D eigenvalue weighted by atomic mass is 10.2. The molecule has 3 aromatic rings. The van der Waals surface area contributed by atoms with Crippen molar-refractivity contribution in [3.8, 4) is 17.2 Å². The van der Waals surface area contributed by atoms with E-state index in [2.05, 4.69) is 10.2 Å². The van der Waals surface area contributed by atoms with Gasteiger partial charge in [0.05, 0.1) is 7.11 Å². The van der Waals surface area contributed by atoms with Gasteiger partial charge < -0.3 is 9.15 Å². The number of nitrogens with zero attached hydrogens (tertiary/aromatic N) is 2. The fourth-order valence-corrected chi connectivity index (χ4v) is 2.60. The van der Waals surface area contributed by atoms with Crippen molar-refractivity contribution in [2.75, 3.05) is 7.11 Å². The highest BCUT2D eigenvalue weighted by molar-refractivity contribution is 7.98. The van der Waals surface area contributed by atoms with Crippen LogP contribution < -0.4 is 4.74 Å². The molecule has 0 N–H and O–H groups in total. The third-order valence-electron chi connectivity index (χ3n) is 2.99. The zero-order valence-electron chi connectivity index (χ0n) is 11.8. The second kappa shape index (κ2) is 6.62. The number of methoxy groups -OCH3 is 1. The van der Waals surface area contributed by atoms with Crippen molar-refractivity contribution in [1.82, 2.24) is 10.2 Å². The van der Waals surface area contributed by atoms with Crippen LogP contribution in [0.15, 0.2) is 58.2 Å². The number of benzene rings is 2. The smallest absolute Gasteiger partial charge is 0.277 e. The molecule has 0 aliphatic carbocycles. The van der Waals surface area contributed by atoms with Crippen LogP contribution in [0.1, 0.15) is 5.56 Å². The first-order chi connectivity index (χ1) is 10.7. The van der Waals surface area contributed by atoms with Crippen LogP contribution in [0.3, 0.4) is 0 Å². The van der Waals surface area contributed by atoms with E-state index in [1.54, 1.807) is 13.2 Å². The molecule has 0 amide bonds. The quantitative estimate of drug-likeness (QED) is 0.661. The van der Waals surface area contributed by atoms with Gasteiger partial charge in [0.2, 0.25) is 5.89 Å². The van der Waals surface area contributed by atoms with E-state index in [-0.39, 0.29) is 5.82 Å². The summed E-state index contributed by atoms with van der Waals surface area (Å²) in [6.07, 6.45) is 0. The van der Waals surface area contributed by atoms with Crippen molar-refractivity contribution < 1.29 is 13.5 Å². The second-order valence-corrected chi connectivity index (χ2v) is 5.45. The Morgan fingerprint density at radius 3 is 2.68 bits per heavy atom. The van der Waals surface area contributed by atoms with Gasteiger partial charge in [-0.15, -0.1) is 10.2 Å². The highest BCUT2D eigenvalue weighted by atomic mass is 32.2. The highest BCUT2D eigenvalue weighted by Gasteiger charge is 2.09. The summed E-state index contributed by atoms with van der Waals surface area (Å²) in [6.45, 7) is 0. The van der Waals surface area contributed by atoms with Crippen molar-refractivity contribution in [2.24, 2.45) is 0 Å². The average Bonchev–Trinajstić information content (AvgIpc) is 3.02. The van der Waals surface area contributed by atoms with Gasteiger partial charge in [-0.2, -0.15) is 0 Å². The largest absolute Gasteiger partial charge is 0.497 e. The summed E-state index contributed by atoms with van der Waals surface area (Å²) in [7, 11) is 1.61. The van der Waals surface area contributed by atoms with Gasteiger partial charge in [-0.3, -0.25) is 0 Å². The van der Waals surface area contributed by atoms with Gasteiger partial charge in [0, 0.05) is 11.3 Å². The van der Waals surface area contributed by atoms with Gasteiger partial charge in [-0.1, -0.05) is 23.9 Å². The Labute approximate surface area is 131 Å². The van der Waals surface area contributed by atoms with Gasteiger partial charge in [0.1, 0.15) is 11.6 Å². The van der Waals surface area contributed by atoms with E-state index in [1.165, 1.54) is 23.9 Å². The highest BCUT2D eigenvalue weighted by Crippen LogP contribution is 2.26. The summed E-state index contributed by atoms with van der Waals surface area (Å²) in [5, 5.41) is 8.47. The number of halogens is 1. The zero-order valence-corrected chi connectivity index (χ0v) is 12.6. The first-order valence-electron chi connectivity index (χ1n) is 6.60. The van der Waals surface area contributed by atoms with Crippen molar-refractivity contribution in [3.05, 3.63) is 59.9 Å². The Kier molecular flexibility index (Phi) is 4.39. The van der Waals surface area contributed by atoms with Crippen LogP contribution in [0, 0.1) is 5.82 Å². The first-order valence-corrected chi connectivity index (χ1v) is 7.58. The lowest BCUT2D eigenvalue weighted by Crippen LogP contribution is -1.82. The van der Waals surface area contributed by atoms with Crippen molar-refractivity contribution in [1.29, 1.82) is 0 Å². The molecule has 0 atom stereocenters. The van der Waals surface area contributed by atoms with E-state index < -0.39 is 0 Å². The molecule has 22 heavy (non-hydrogen) atoms. The summed E-state index contributed by atoms with van der Waals surface area (Å²) >= 11 is 1.37. The summed E-state index contributed by atoms with van der Waals surface area (Å²) in [5.41, 5.74) is 1.69. The number of aromatic nitrogens is 2. The summed E-state index contributed by atoms with van der Waals surface area (Å²) in [6, 6.07) is 13.8. The fourth-order valence-electron chi connectivity index (χ4n) is 1.89. The van der Waals surface area contributed by atoms with Crippen LogP contribution in [0.4, 0.5) is 4.39 Å². The standard InChI is InChI=1S/C16H13FN2O2S/c1-20-14-7-5-12(6-8-14)15-18-19-16(21-15)22-10-11-3-2-4-13(17)9-11/h2-9H,10H2,1H3. The Morgan fingerprint density at radius 2 is 1.95 bits per heavy atom. The predicted octanol–water partition coefficient (Wildman–Crippen LogP) is 4.18. The van der Waals surface area contributed by atoms with E-state index in [0.717, 1.165) is 16.9 Å². The van der Waals surface area contributed by atoms with E-state index >= 15 is 0 Å². The Balaban J connectivity index is 1.68. The molecule has 0 aliphatic rings. The molecule has 0 unspecified atom stereocenters. The molecule has 6 heteroatoms. The molecule has 0 radical (unpaired) electrons. The van der Waals surface area contributed by atoms with E-state index in [0.29, 0.717) is 16.9 Å². The minimum Gasteiger partial charge on any atom is -0.497 e. The van der Waals surface area contributed by atoms with E-state index in [9.17, 15) is 4.39 Å². The molecular formula is C16H13FN2O2S. The number of hydrogen-bond acceptors (Lipinski definition) is 5. The normalized spacial score (nSPS) is 10.6. The van der Waals surface area contributed by atoms with Crippen LogP contribution in [0.5, 0.6) is 5.75 Å². The van der Waals surface area contributed by atoms with E-state index in [4.69, 9.17) is 9.15 Å². The predicted molar refractivity (Wildman–Crippen MR) is 82.2 cm³/mol. The summed E-state index contributed by atoms with van der Waals surface area (Å²) in [4.78, 5) is 0. The molecule has 0 aliphatic heterocycles. The van der Waals surface area contributed by atoms with E-state index in [1.807, 2.05) is 30.3 Å². The molecule has 4 nitrogen and oxygen atoms in total. The van der Waals surface area contributed by atoms with Crippen molar-refractivity contribution in [3.63, 3.8) is 0 Å². The summed E-state index contributed by atoms with van der Waals surface area (Å²) in [5.74, 6) is 1.54. The van der Waals surface area contributed by atoms with Crippen LogP contribution in [0.2, 0.25) is 0 Å². The van der Waals surface area contributed by atoms with Crippen molar-refractivity contribution >= 4 is 11.8 Å². The molecule has 0 fully saturated rings. The molecule has 112 valence electrons. The van der Waals surface area contributed by atoms with Gasteiger partial charge in [0.15, 0.2) is 0 Å². The van der Waals surface area contributed by atoms with Crippen molar-refractivity contribution in [2.45, 2.75) is 11.0 Å². The van der Waals surface area contributed by atoms with Crippen LogP contribution >= 0.6 is 11.8 Å². The van der Waals surface area contributed by atoms with Crippen LogP contribution in [0.25, 0.3) is 11.5 Å². The maximum atomic E-state index is 13.1. The van der Waals surface area contributed by atoms with Crippen LogP contribution in [-0.2, 0) is 5.75 Å². The lowest BCUT2D eigenvalue weighted by Gasteiger charge is -1.99. The van der Waals surface area contributed by atoms with Crippen LogP contribution in [-0.4, -0.2) is 17.3 Å². The molecule has 0 bridgehead atoms. The van der Waals surface area contributed by atoms with Gasteiger partial charge in [-0.05, 0) is 42.0 Å². The molecule has 0 spiro atoms. The Hall–Kier alpha value is -2.34. The first kappa shape index (κ1) is 14.6.